The summed E-state index contributed by atoms with van der Waals surface area (Å²) in [6, 6.07) is 12.5. The Labute approximate surface area is 128 Å². The summed E-state index contributed by atoms with van der Waals surface area (Å²) < 4.78 is 15.5. The maximum Gasteiger partial charge on any atom is 0.168 e. The fourth-order valence-corrected chi connectivity index (χ4v) is 3.43. The van der Waals surface area contributed by atoms with Gasteiger partial charge < -0.3 is 0 Å². The monoisotopic (exact) mass is 348 g/mol. The number of ketones is 1. The van der Waals surface area contributed by atoms with Crippen LogP contribution in [0.5, 0.6) is 0 Å². The molecule has 0 unspecified atom stereocenters. The summed E-state index contributed by atoms with van der Waals surface area (Å²) in [6.07, 6.45) is 0.0832. The molecule has 0 bridgehead atoms. The third-order valence-electron chi connectivity index (χ3n) is 3.15. The van der Waals surface area contributed by atoms with Crippen LogP contribution in [0.1, 0.15) is 15.9 Å². The van der Waals surface area contributed by atoms with Crippen LogP contribution in [-0.4, -0.2) is 5.78 Å². The van der Waals surface area contributed by atoms with Gasteiger partial charge in [-0.2, -0.15) is 0 Å². The molecule has 0 aliphatic carbocycles. The Kier molecular flexibility index (Phi) is 3.68. The van der Waals surface area contributed by atoms with Crippen LogP contribution in [0.4, 0.5) is 4.39 Å². The van der Waals surface area contributed by atoms with E-state index in [2.05, 4.69) is 15.9 Å². The zero-order valence-corrected chi connectivity index (χ0v) is 12.8. The van der Waals surface area contributed by atoms with Gasteiger partial charge in [-0.15, -0.1) is 11.3 Å². The maximum atomic E-state index is 13.8. The summed E-state index contributed by atoms with van der Waals surface area (Å²) in [5, 5.41) is 2.80. The molecule has 3 aromatic rings. The third kappa shape index (κ3) is 2.53. The predicted molar refractivity (Wildman–Crippen MR) is 84.0 cm³/mol. The molecule has 0 saturated heterocycles. The fourth-order valence-electron chi connectivity index (χ4n) is 2.13. The number of thiophene rings is 1. The summed E-state index contributed by atoms with van der Waals surface area (Å²) in [4.78, 5) is 12.4. The highest BCUT2D eigenvalue weighted by atomic mass is 79.9. The molecule has 1 nitrogen and oxygen atoms in total. The molecular weight excluding hydrogens is 339 g/mol. The second kappa shape index (κ2) is 5.46. The maximum absolute atomic E-state index is 13.8. The number of fused-ring (bicyclic) bond motifs is 1. The Morgan fingerprint density at radius 3 is 2.80 bits per heavy atom. The SMILES string of the molecule is O=C(Cc1ccc(Br)cc1F)c1csc2ccccc12. The van der Waals surface area contributed by atoms with Gasteiger partial charge in [0.25, 0.3) is 0 Å². The first-order chi connectivity index (χ1) is 9.65. The summed E-state index contributed by atoms with van der Waals surface area (Å²) in [6.45, 7) is 0. The lowest BCUT2D eigenvalue weighted by molar-refractivity contribution is 0.0994. The minimum atomic E-state index is -0.354. The number of carbonyl (C=O) groups excluding carboxylic acids is 1. The summed E-state index contributed by atoms with van der Waals surface area (Å²) in [5.41, 5.74) is 1.10. The zero-order valence-electron chi connectivity index (χ0n) is 10.4. The van der Waals surface area contributed by atoms with E-state index in [-0.39, 0.29) is 18.0 Å². The Morgan fingerprint density at radius 2 is 2.00 bits per heavy atom. The van der Waals surface area contributed by atoms with Crippen LogP contribution in [0.3, 0.4) is 0 Å². The lowest BCUT2D eigenvalue weighted by atomic mass is 10.0. The molecule has 0 atom stereocenters. The second-order valence-corrected chi connectivity index (χ2v) is 6.31. The van der Waals surface area contributed by atoms with E-state index in [1.54, 1.807) is 12.1 Å². The first-order valence-electron chi connectivity index (χ1n) is 6.08. The molecular formula is C16H10BrFOS. The van der Waals surface area contributed by atoms with Gasteiger partial charge in [0.15, 0.2) is 5.78 Å². The van der Waals surface area contributed by atoms with Crippen molar-refractivity contribution in [2.45, 2.75) is 6.42 Å². The van der Waals surface area contributed by atoms with Gasteiger partial charge in [-0.25, -0.2) is 4.39 Å². The minimum Gasteiger partial charge on any atom is -0.294 e. The van der Waals surface area contributed by atoms with Crippen LogP contribution < -0.4 is 0 Å². The quantitative estimate of drug-likeness (QED) is 0.592. The van der Waals surface area contributed by atoms with Crippen molar-refractivity contribution in [3.05, 3.63) is 69.3 Å². The van der Waals surface area contributed by atoms with E-state index in [0.717, 1.165) is 10.1 Å². The normalized spacial score (nSPS) is 10.9. The van der Waals surface area contributed by atoms with Crippen molar-refractivity contribution in [2.75, 3.05) is 0 Å². The third-order valence-corrected chi connectivity index (χ3v) is 4.60. The van der Waals surface area contributed by atoms with E-state index in [1.807, 2.05) is 29.6 Å². The van der Waals surface area contributed by atoms with Crippen molar-refractivity contribution in [1.82, 2.24) is 0 Å². The van der Waals surface area contributed by atoms with Crippen LogP contribution in [0.15, 0.2) is 52.3 Å². The molecule has 0 aliphatic heterocycles. The van der Waals surface area contributed by atoms with Crippen LogP contribution in [-0.2, 0) is 6.42 Å². The van der Waals surface area contributed by atoms with Crippen molar-refractivity contribution < 1.29 is 9.18 Å². The molecule has 0 aliphatic rings. The van der Waals surface area contributed by atoms with E-state index in [4.69, 9.17) is 0 Å². The highest BCUT2D eigenvalue weighted by molar-refractivity contribution is 9.10. The lowest BCUT2D eigenvalue weighted by Crippen LogP contribution is -2.04. The molecule has 0 spiro atoms. The molecule has 3 rings (SSSR count). The molecule has 0 amide bonds. The molecule has 0 saturated carbocycles. The van der Waals surface area contributed by atoms with Crippen LogP contribution in [0.2, 0.25) is 0 Å². The minimum absolute atomic E-state index is 0.0522. The predicted octanol–water partition coefficient (Wildman–Crippen LogP) is 5.23. The molecule has 0 radical (unpaired) electrons. The highest BCUT2D eigenvalue weighted by Crippen LogP contribution is 2.27. The molecule has 2 aromatic carbocycles. The molecule has 20 heavy (non-hydrogen) atoms. The Hall–Kier alpha value is -1.52. The van der Waals surface area contributed by atoms with E-state index < -0.39 is 0 Å². The van der Waals surface area contributed by atoms with Gasteiger partial charge in [0.1, 0.15) is 5.82 Å². The largest absolute Gasteiger partial charge is 0.294 e. The standard InChI is InChI=1S/C16H10BrFOS/c17-11-6-5-10(14(18)8-11)7-15(19)13-9-20-16-4-2-1-3-12(13)16/h1-6,8-9H,7H2. The van der Waals surface area contributed by atoms with Gasteiger partial charge >= 0.3 is 0 Å². The van der Waals surface area contributed by atoms with Crippen LogP contribution >= 0.6 is 27.3 Å². The topological polar surface area (TPSA) is 17.1 Å². The number of hydrogen-bond acceptors (Lipinski definition) is 2. The van der Waals surface area contributed by atoms with Crippen LogP contribution in [0.25, 0.3) is 10.1 Å². The second-order valence-electron chi connectivity index (χ2n) is 4.48. The number of carbonyl (C=O) groups is 1. The van der Waals surface area contributed by atoms with Crippen molar-refractivity contribution in [3.63, 3.8) is 0 Å². The summed E-state index contributed by atoms with van der Waals surface area (Å²) in [7, 11) is 0. The zero-order chi connectivity index (χ0) is 14.1. The van der Waals surface area contributed by atoms with Gasteiger partial charge in [0.05, 0.1) is 0 Å². The average molecular weight is 349 g/mol. The van der Waals surface area contributed by atoms with Crippen molar-refractivity contribution in [3.8, 4) is 0 Å². The smallest absolute Gasteiger partial charge is 0.168 e. The van der Waals surface area contributed by atoms with Gasteiger partial charge in [0.2, 0.25) is 0 Å². The molecule has 1 aromatic heterocycles. The average Bonchev–Trinajstić information content (AvgIpc) is 2.86. The first kappa shape index (κ1) is 13.5. The first-order valence-corrected chi connectivity index (χ1v) is 7.76. The fraction of sp³-hybridized carbons (Fsp3) is 0.0625. The Morgan fingerprint density at radius 1 is 1.20 bits per heavy atom. The van der Waals surface area contributed by atoms with Gasteiger partial charge in [-0.3, -0.25) is 4.79 Å². The molecule has 0 fully saturated rings. The molecule has 1 heterocycles. The van der Waals surface area contributed by atoms with Crippen molar-refractivity contribution >= 4 is 43.1 Å². The lowest BCUT2D eigenvalue weighted by Gasteiger charge is -2.03. The summed E-state index contributed by atoms with van der Waals surface area (Å²) in [5.74, 6) is -0.407. The molecule has 4 heteroatoms. The molecule has 100 valence electrons. The van der Waals surface area contributed by atoms with E-state index >= 15 is 0 Å². The van der Waals surface area contributed by atoms with E-state index in [0.29, 0.717) is 15.6 Å². The van der Waals surface area contributed by atoms with Crippen LogP contribution in [0, 0.1) is 5.82 Å². The summed E-state index contributed by atoms with van der Waals surface area (Å²) >= 11 is 4.75. The Balaban J connectivity index is 1.93. The Bertz CT molecular complexity index is 794. The number of rotatable bonds is 3. The van der Waals surface area contributed by atoms with Gasteiger partial charge in [-0.1, -0.05) is 40.2 Å². The van der Waals surface area contributed by atoms with Gasteiger partial charge in [-0.05, 0) is 23.8 Å². The number of hydrogen-bond donors (Lipinski definition) is 0. The van der Waals surface area contributed by atoms with Gasteiger partial charge in [0, 0.05) is 31.9 Å². The number of benzene rings is 2. The van der Waals surface area contributed by atoms with Crippen molar-refractivity contribution in [1.29, 1.82) is 0 Å². The van der Waals surface area contributed by atoms with E-state index in [9.17, 15) is 9.18 Å². The van der Waals surface area contributed by atoms with E-state index in [1.165, 1.54) is 17.4 Å². The molecule has 0 N–H and O–H groups in total. The highest BCUT2D eigenvalue weighted by Gasteiger charge is 2.14. The number of Topliss-reactive ketones (excluding diaryl/α,β-unsaturated/α-hetero) is 1. The van der Waals surface area contributed by atoms with Crippen molar-refractivity contribution in [2.24, 2.45) is 0 Å². The number of halogens is 2.